The van der Waals surface area contributed by atoms with Gasteiger partial charge in [-0.3, -0.25) is 4.79 Å². The summed E-state index contributed by atoms with van der Waals surface area (Å²) in [5.74, 6) is 0.0607. The van der Waals surface area contributed by atoms with E-state index in [4.69, 9.17) is 10.2 Å². The van der Waals surface area contributed by atoms with E-state index in [0.717, 1.165) is 5.52 Å². The highest BCUT2D eigenvalue weighted by Gasteiger charge is 2.42. The van der Waals surface area contributed by atoms with Crippen LogP contribution >= 0.6 is 0 Å². The second kappa shape index (κ2) is 4.13. The minimum Gasteiger partial charge on any atom is -0.423 e. The monoisotopic (exact) mass is 274 g/mol. The summed E-state index contributed by atoms with van der Waals surface area (Å²) in [7, 11) is 1.81. The molecule has 1 fully saturated rings. The lowest BCUT2D eigenvalue weighted by Gasteiger charge is -2.43. The number of hydrogen-bond acceptors (Lipinski definition) is 5. The van der Waals surface area contributed by atoms with E-state index in [9.17, 15) is 4.79 Å². The average Bonchev–Trinajstić information content (AvgIpc) is 2.78. The molecule has 2 N–H and O–H groups in total. The van der Waals surface area contributed by atoms with Gasteiger partial charge in [-0.15, -0.1) is 0 Å². The van der Waals surface area contributed by atoms with Gasteiger partial charge in [0.05, 0.1) is 0 Å². The van der Waals surface area contributed by atoms with Crippen molar-refractivity contribution in [3.63, 3.8) is 0 Å². The van der Waals surface area contributed by atoms with Crippen LogP contribution in [0.25, 0.3) is 11.1 Å². The molecule has 0 saturated carbocycles. The number of carbonyl (C=O) groups excluding carboxylic acids is 1. The van der Waals surface area contributed by atoms with Crippen LogP contribution in [0.4, 0.5) is 11.7 Å². The minimum atomic E-state index is -0.667. The normalized spacial score (nSPS) is 18.9. The van der Waals surface area contributed by atoms with Crippen LogP contribution in [0.15, 0.2) is 22.6 Å². The summed E-state index contributed by atoms with van der Waals surface area (Å²) in [6, 6.07) is 5.82. The Balaban J connectivity index is 2.04. The molecule has 0 atom stereocenters. The molecule has 0 aliphatic carbocycles. The fourth-order valence-electron chi connectivity index (χ4n) is 2.59. The molecule has 0 unspecified atom stereocenters. The third-order valence-corrected chi connectivity index (χ3v) is 3.84. The van der Waals surface area contributed by atoms with Gasteiger partial charge >= 0.3 is 0 Å². The number of nitrogen functional groups attached to an aromatic ring is 1. The number of anilines is 2. The first-order chi connectivity index (χ1) is 9.39. The largest absolute Gasteiger partial charge is 0.423 e. The third kappa shape index (κ3) is 1.79. The predicted molar refractivity (Wildman–Crippen MR) is 77.5 cm³/mol. The maximum absolute atomic E-state index is 12.3. The van der Waals surface area contributed by atoms with E-state index >= 15 is 0 Å². The Morgan fingerprint density at radius 3 is 2.85 bits per heavy atom. The van der Waals surface area contributed by atoms with Crippen molar-refractivity contribution in [3.05, 3.63) is 18.2 Å². The number of carbonyl (C=O) groups is 1. The van der Waals surface area contributed by atoms with Crippen molar-refractivity contribution >= 4 is 28.7 Å². The van der Waals surface area contributed by atoms with Gasteiger partial charge in [0.1, 0.15) is 11.1 Å². The number of rotatable bonds is 1. The van der Waals surface area contributed by atoms with Gasteiger partial charge < -0.3 is 20.0 Å². The van der Waals surface area contributed by atoms with E-state index in [0.29, 0.717) is 30.4 Å². The Bertz CT molecular complexity index is 677. The third-order valence-electron chi connectivity index (χ3n) is 3.84. The standard InChI is InChI=1S/C14H18N4O2/c1-14(2)12(19)17(3)6-7-18(14)13-16-10-5-4-9(15)8-11(10)20-13/h4-5,8H,6-7,15H2,1-3H3. The van der Waals surface area contributed by atoms with E-state index in [1.165, 1.54) is 0 Å². The molecule has 1 saturated heterocycles. The molecule has 2 heterocycles. The number of fused-ring (bicyclic) bond motifs is 1. The summed E-state index contributed by atoms with van der Waals surface area (Å²) >= 11 is 0. The van der Waals surface area contributed by atoms with Crippen molar-refractivity contribution in [3.8, 4) is 0 Å². The number of nitrogens with zero attached hydrogens (tertiary/aromatic N) is 3. The highest BCUT2D eigenvalue weighted by Crippen LogP contribution is 2.31. The van der Waals surface area contributed by atoms with Crippen molar-refractivity contribution in [2.24, 2.45) is 0 Å². The molecular formula is C14H18N4O2. The summed E-state index contributed by atoms with van der Waals surface area (Å²) in [5.41, 5.74) is 7.10. The second-order valence-corrected chi connectivity index (χ2v) is 5.66. The van der Waals surface area contributed by atoms with Crippen LogP contribution in [-0.4, -0.2) is 41.5 Å². The SMILES string of the molecule is CN1CCN(c2nc3ccc(N)cc3o2)C(C)(C)C1=O. The van der Waals surface area contributed by atoms with Gasteiger partial charge in [0, 0.05) is 31.9 Å². The van der Waals surface area contributed by atoms with Gasteiger partial charge in [0.25, 0.3) is 6.01 Å². The van der Waals surface area contributed by atoms with Crippen LogP contribution in [0.1, 0.15) is 13.8 Å². The molecule has 1 amide bonds. The zero-order chi connectivity index (χ0) is 14.5. The number of benzene rings is 1. The van der Waals surface area contributed by atoms with Crippen molar-refractivity contribution in [2.75, 3.05) is 30.8 Å². The zero-order valence-electron chi connectivity index (χ0n) is 11.9. The number of nitrogens with two attached hydrogens (primary N) is 1. The average molecular weight is 274 g/mol. The van der Waals surface area contributed by atoms with Crippen LogP contribution in [0.5, 0.6) is 0 Å². The molecule has 20 heavy (non-hydrogen) atoms. The van der Waals surface area contributed by atoms with Gasteiger partial charge in [-0.25, -0.2) is 0 Å². The first kappa shape index (κ1) is 12.8. The molecule has 0 spiro atoms. The second-order valence-electron chi connectivity index (χ2n) is 5.66. The molecule has 6 heteroatoms. The van der Waals surface area contributed by atoms with Gasteiger partial charge in [-0.05, 0) is 26.0 Å². The molecule has 3 rings (SSSR count). The van der Waals surface area contributed by atoms with Crippen molar-refractivity contribution in [1.82, 2.24) is 9.88 Å². The van der Waals surface area contributed by atoms with Crippen molar-refractivity contribution in [2.45, 2.75) is 19.4 Å². The predicted octanol–water partition coefficient (Wildman–Crippen LogP) is 1.47. The summed E-state index contributed by atoms with van der Waals surface area (Å²) in [4.78, 5) is 20.4. The summed E-state index contributed by atoms with van der Waals surface area (Å²) in [5, 5.41) is 0. The Morgan fingerprint density at radius 1 is 1.35 bits per heavy atom. The topological polar surface area (TPSA) is 75.6 Å². The van der Waals surface area contributed by atoms with Gasteiger partial charge in [0.15, 0.2) is 5.58 Å². The Kier molecular flexibility index (Phi) is 2.64. The van der Waals surface area contributed by atoms with Crippen molar-refractivity contribution < 1.29 is 9.21 Å². The first-order valence-electron chi connectivity index (χ1n) is 6.59. The Labute approximate surface area is 117 Å². The summed E-state index contributed by atoms with van der Waals surface area (Å²) in [6.45, 7) is 5.11. The van der Waals surface area contributed by atoms with E-state index < -0.39 is 5.54 Å². The molecular weight excluding hydrogens is 256 g/mol. The van der Waals surface area contributed by atoms with Crippen LogP contribution < -0.4 is 10.6 Å². The maximum Gasteiger partial charge on any atom is 0.299 e. The fraction of sp³-hybridized carbons (Fsp3) is 0.429. The van der Waals surface area contributed by atoms with Gasteiger partial charge in [0.2, 0.25) is 5.91 Å². The summed E-state index contributed by atoms with van der Waals surface area (Å²) < 4.78 is 5.77. The number of hydrogen-bond donors (Lipinski definition) is 1. The molecule has 106 valence electrons. The number of oxazole rings is 1. The summed E-state index contributed by atoms with van der Waals surface area (Å²) in [6.07, 6.45) is 0. The highest BCUT2D eigenvalue weighted by atomic mass is 16.4. The number of likely N-dealkylation sites (N-methyl/N-ethyl adjacent to an activating group) is 1. The quantitative estimate of drug-likeness (QED) is 0.797. The molecule has 2 aromatic rings. The lowest BCUT2D eigenvalue weighted by atomic mass is 9.98. The molecule has 0 bridgehead atoms. The van der Waals surface area contributed by atoms with Gasteiger partial charge in [-0.2, -0.15) is 4.98 Å². The van der Waals surface area contributed by atoms with E-state index in [1.807, 2.05) is 31.9 Å². The maximum atomic E-state index is 12.3. The molecule has 1 aromatic carbocycles. The smallest absolute Gasteiger partial charge is 0.299 e. The van der Waals surface area contributed by atoms with Crippen LogP contribution in [0.3, 0.4) is 0 Å². The first-order valence-corrected chi connectivity index (χ1v) is 6.59. The van der Waals surface area contributed by atoms with Crippen LogP contribution in [0.2, 0.25) is 0 Å². The van der Waals surface area contributed by atoms with Crippen molar-refractivity contribution in [1.29, 1.82) is 0 Å². The zero-order valence-corrected chi connectivity index (χ0v) is 11.9. The fourth-order valence-corrected chi connectivity index (χ4v) is 2.59. The highest BCUT2D eigenvalue weighted by molar-refractivity contribution is 5.90. The molecule has 1 aromatic heterocycles. The number of piperazine rings is 1. The van der Waals surface area contributed by atoms with Crippen LogP contribution in [0, 0.1) is 0 Å². The van der Waals surface area contributed by atoms with E-state index in [-0.39, 0.29) is 5.91 Å². The lowest BCUT2D eigenvalue weighted by Crippen LogP contribution is -2.62. The number of aromatic nitrogens is 1. The number of amides is 1. The molecule has 1 aliphatic heterocycles. The Hall–Kier alpha value is -2.24. The molecule has 6 nitrogen and oxygen atoms in total. The minimum absolute atomic E-state index is 0.0607. The molecule has 0 radical (unpaired) electrons. The molecule has 1 aliphatic rings. The Morgan fingerprint density at radius 2 is 2.10 bits per heavy atom. The van der Waals surface area contributed by atoms with Gasteiger partial charge in [-0.1, -0.05) is 0 Å². The van der Waals surface area contributed by atoms with E-state index in [2.05, 4.69) is 4.98 Å². The lowest BCUT2D eigenvalue weighted by molar-refractivity contribution is -0.136. The van der Waals surface area contributed by atoms with E-state index in [1.54, 1.807) is 17.0 Å². The van der Waals surface area contributed by atoms with Crippen LogP contribution in [-0.2, 0) is 4.79 Å².